The number of carbonyl (C=O) groups excluding carboxylic acids is 1. The average molecular weight is 327 g/mol. The molecular weight excluding hydrogens is 312 g/mol. The first-order valence-corrected chi connectivity index (χ1v) is 6.74. The Bertz CT molecular complexity index is 485. The third kappa shape index (κ3) is 3.51. The lowest BCUT2D eigenvalue weighted by Gasteiger charge is -2.25. The van der Waals surface area contributed by atoms with Gasteiger partial charge in [-0.1, -0.05) is 30.3 Å². The summed E-state index contributed by atoms with van der Waals surface area (Å²) in [5.74, 6) is -0.218. The zero-order valence-electron chi connectivity index (χ0n) is 10.3. The Kier molecular flexibility index (Phi) is 4.52. The number of ketones is 1. The summed E-state index contributed by atoms with van der Waals surface area (Å²) in [6, 6.07) is 9.54. The van der Waals surface area contributed by atoms with E-state index in [1.54, 1.807) is 0 Å². The molecule has 2 N–H and O–H groups in total. The van der Waals surface area contributed by atoms with Crippen LogP contribution in [-0.2, 0) is 16.1 Å². The summed E-state index contributed by atoms with van der Waals surface area (Å²) in [6.07, 6.45) is 0.0882. The largest absolute Gasteiger partial charge is 0.387 e. The normalized spacial score (nSPS) is 24.4. The van der Waals surface area contributed by atoms with Gasteiger partial charge in [-0.05, 0) is 27.6 Å². The second-order valence-corrected chi connectivity index (χ2v) is 5.45. The van der Waals surface area contributed by atoms with Crippen LogP contribution >= 0.6 is 15.9 Å². The van der Waals surface area contributed by atoms with Gasteiger partial charge in [-0.25, -0.2) is 0 Å². The van der Waals surface area contributed by atoms with Gasteiger partial charge in [0, 0.05) is 6.42 Å². The van der Waals surface area contributed by atoms with E-state index in [0.29, 0.717) is 11.1 Å². The van der Waals surface area contributed by atoms with Crippen LogP contribution < -0.4 is 0 Å². The van der Waals surface area contributed by atoms with E-state index >= 15 is 0 Å². The topological polar surface area (TPSA) is 66.8 Å². The zero-order valence-corrected chi connectivity index (χ0v) is 11.8. The maximum Gasteiger partial charge on any atom is 0.172 e. The first-order valence-electron chi connectivity index (χ1n) is 5.95. The number of halogens is 1. The standard InChI is InChI=1S/C14H15BrO4/c15-11-6-14(18,7-12(11)16)13(17)9-19-8-10-4-2-1-3-5-10/h1-6,13,17-18H,7-9H2/t13-,14-/m1/s1. The van der Waals surface area contributed by atoms with Gasteiger partial charge >= 0.3 is 0 Å². The Morgan fingerprint density at radius 2 is 2.05 bits per heavy atom. The molecule has 4 nitrogen and oxygen atoms in total. The predicted octanol–water partition coefficient (Wildman–Crippen LogP) is 1.55. The van der Waals surface area contributed by atoms with Crippen LogP contribution in [-0.4, -0.2) is 34.3 Å². The van der Waals surface area contributed by atoms with Crippen LogP contribution in [0, 0.1) is 0 Å². The smallest absolute Gasteiger partial charge is 0.172 e. The molecule has 0 heterocycles. The monoisotopic (exact) mass is 326 g/mol. The maximum absolute atomic E-state index is 11.4. The first kappa shape index (κ1) is 14.4. The fourth-order valence-electron chi connectivity index (χ4n) is 1.91. The summed E-state index contributed by atoms with van der Waals surface area (Å²) < 4.78 is 5.67. The highest BCUT2D eigenvalue weighted by Gasteiger charge is 2.41. The van der Waals surface area contributed by atoms with Gasteiger partial charge in [-0.2, -0.15) is 0 Å². The lowest BCUT2D eigenvalue weighted by Crippen LogP contribution is -2.42. The molecule has 0 fully saturated rings. The Morgan fingerprint density at radius 3 is 2.63 bits per heavy atom. The summed E-state index contributed by atoms with van der Waals surface area (Å²) in [5.41, 5.74) is -0.548. The molecule has 1 aliphatic rings. The molecule has 0 radical (unpaired) electrons. The van der Waals surface area contributed by atoms with Crippen molar-refractivity contribution in [3.63, 3.8) is 0 Å². The number of Topliss-reactive ketones (excluding diaryl/α,β-unsaturated/α-hetero) is 1. The molecule has 5 heteroatoms. The zero-order chi connectivity index (χ0) is 13.9. The van der Waals surface area contributed by atoms with Crippen molar-refractivity contribution in [2.45, 2.75) is 24.7 Å². The van der Waals surface area contributed by atoms with Crippen LogP contribution in [0.3, 0.4) is 0 Å². The minimum Gasteiger partial charge on any atom is -0.387 e. The van der Waals surface area contributed by atoms with Crippen LogP contribution in [0.25, 0.3) is 0 Å². The lowest BCUT2D eigenvalue weighted by atomic mass is 9.96. The number of aliphatic hydroxyl groups is 2. The number of benzene rings is 1. The van der Waals surface area contributed by atoms with Crippen molar-refractivity contribution in [1.29, 1.82) is 0 Å². The first-order chi connectivity index (χ1) is 9.01. The predicted molar refractivity (Wildman–Crippen MR) is 73.7 cm³/mol. The van der Waals surface area contributed by atoms with Gasteiger partial charge < -0.3 is 14.9 Å². The summed E-state index contributed by atoms with van der Waals surface area (Å²) in [5, 5.41) is 20.1. The molecule has 102 valence electrons. The molecule has 2 rings (SSSR count). The van der Waals surface area contributed by atoms with Gasteiger partial charge in [0.2, 0.25) is 0 Å². The second-order valence-electron chi connectivity index (χ2n) is 4.60. The van der Waals surface area contributed by atoms with Crippen molar-refractivity contribution in [3.8, 4) is 0 Å². The minimum atomic E-state index is -1.54. The minimum absolute atomic E-state index is 0.0323. The van der Waals surface area contributed by atoms with Crippen LogP contribution in [0.15, 0.2) is 40.9 Å². The highest BCUT2D eigenvalue weighted by molar-refractivity contribution is 9.12. The molecular formula is C14H15BrO4. The van der Waals surface area contributed by atoms with E-state index in [1.165, 1.54) is 6.08 Å². The molecule has 0 bridgehead atoms. The molecule has 0 unspecified atom stereocenters. The number of allylic oxidation sites excluding steroid dienone is 1. The highest BCUT2D eigenvalue weighted by Crippen LogP contribution is 2.31. The number of ether oxygens (including phenoxy) is 1. The molecule has 2 atom stereocenters. The third-order valence-electron chi connectivity index (χ3n) is 3.05. The van der Waals surface area contributed by atoms with Gasteiger partial charge in [0.25, 0.3) is 0 Å². The van der Waals surface area contributed by atoms with E-state index < -0.39 is 11.7 Å². The Hall–Kier alpha value is -1.01. The molecule has 1 aromatic carbocycles. The maximum atomic E-state index is 11.4. The SMILES string of the molecule is O=C1C[C@@](O)([C@H](O)COCc2ccccc2)C=C1Br. The third-order valence-corrected chi connectivity index (χ3v) is 3.72. The molecule has 1 aromatic rings. The molecule has 0 aliphatic heterocycles. The highest BCUT2D eigenvalue weighted by atomic mass is 79.9. The number of aliphatic hydroxyl groups excluding tert-OH is 1. The van der Waals surface area contributed by atoms with Crippen molar-refractivity contribution in [1.82, 2.24) is 0 Å². The van der Waals surface area contributed by atoms with Crippen molar-refractivity contribution < 1.29 is 19.7 Å². The van der Waals surface area contributed by atoms with Crippen LogP contribution in [0.2, 0.25) is 0 Å². The number of carbonyl (C=O) groups is 1. The summed E-state index contributed by atoms with van der Waals surface area (Å²) in [4.78, 5) is 11.4. The molecule has 0 amide bonds. The molecule has 0 saturated carbocycles. The fourth-order valence-corrected chi connectivity index (χ4v) is 2.45. The number of hydrogen-bond donors (Lipinski definition) is 2. The van der Waals surface area contributed by atoms with Crippen LogP contribution in [0.4, 0.5) is 0 Å². The van der Waals surface area contributed by atoms with Gasteiger partial charge in [-0.3, -0.25) is 4.79 Å². The summed E-state index contributed by atoms with van der Waals surface area (Å²) in [7, 11) is 0. The lowest BCUT2D eigenvalue weighted by molar-refractivity contribution is -0.122. The van der Waals surface area contributed by atoms with Crippen molar-refractivity contribution >= 4 is 21.7 Å². The van der Waals surface area contributed by atoms with Gasteiger partial charge in [-0.15, -0.1) is 0 Å². The number of hydrogen-bond acceptors (Lipinski definition) is 4. The van der Waals surface area contributed by atoms with E-state index in [4.69, 9.17) is 4.74 Å². The van der Waals surface area contributed by atoms with E-state index in [-0.39, 0.29) is 18.8 Å². The average Bonchev–Trinajstić information content (AvgIpc) is 2.65. The van der Waals surface area contributed by atoms with Crippen LogP contribution in [0.1, 0.15) is 12.0 Å². The fraction of sp³-hybridized carbons (Fsp3) is 0.357. The van der Waals surface area contributed by atoms with E-state index in [0.717, 1.165) is 5.56 Å². The van der Waals surface area contributed by atoms with Crippen molar-refractivity contribution in [2.24, 2.45) is 0 Å². The summed E-state index contributed by atoms with van der Waals surface area (Å²) in [6.45, 7) is 0.322. The van der Waals surface area contributed by atoms with Crippen molar-refractivity contribution in [3.05, 3.63) is 46.5 Å². The van der Waals surface area contributed by atoms with Gasteiger partial charge in [0.15, 0.2) is 5.78 Å². The Balaban J connectivity index is 1.85. The van der Waals surface area contributed by atoms with Gasteiger partial charge in [0.1, 0.15) is 11.7 Å². The number of rotatable bonds is 5. The summed E-state index contributed by atoms with van der Waals surface area (Å²) >= 11 is 3.05. The molecule has 0 aromatic heterocycles. The quantitative estimate of drug-likeness (QED) is 0.861. The van der Waals surface area contributed by atoms with E-state index in [2.05, 4.69) is 15.9 Å². The van der Waals surface area contributed by atoms with Crippen molar-refractivity contribution in [2.75, 3.05) is 6.61 Å². The Morgan fingerprint density at radius 1 is 1.37 bits per heavy atom. The molecule has 0 spiro atoms. The van der Waals surface area contributed by atoms with E-state index in [9.17, 15) is 15.0 Å². The van der Waals surface area contributed by atoms with E-state index in [1.807, 2.05) is 30.3 Å². The van der Waals surface area contributed by atoms with Gasteiger partial charge in [0.05, 0.1) is 17.7 Å². The Labute approximate surface area is 119 Å². The molecule has 0 saturated heterocycles. The molecule has 19 heavy (non-hydrogen) atoms. The second kappa shape index (κ2) is 5.96. The van der Waals surface area contributed by atoms with Crippen LogP contribution in [0.5, 0.6) is 0 Å². The molecule has 1 aliphatic carbocycles.